The Bertz CT molecular complexity index is 1340. The van der Waals surface area contributed by atoms with E-state index in [2.05, 4.69) is 26.0 Å². The zero-order chi connectivity index (χ0) is 20.1. The molecule has 0 saturated heterocycles. The van der Waals surface area contributed by atoms with Crippen molar-refractivity contribution in [2.75, 3.05) is 0 Å². The molecule has 0 bridgehead atoms. The lowest BCUT2D eigenvalue weighted by molar-refractivity contribution is -0.385. The van der Waals surface area contributed by atoms with Crippen molar-refractivity contribution >= 4 is 37.3 Å². The summed E-state index contributed by atoms with van der Waals surface area (Å²) in [5, 5.41) is 15.1. The second-order valence-electron chi connectivity index (χ2n) is 5.95. The van der Waals surface area contributed by atoms with Crippen LogP contribution in [0.5, 0.6) is 0 Å². The van der Waals surface area contributed by atoms with Gasteiger partial charge in [0.15, 0.2) is 0 Å². The minimum atomic E-state index is -4.08. The number of aromatic nitrogens is 4. The second kappa shape index (κ2) is 6.53. The van der Waals surface area contributed by atoms with Gasteiger partial charge in [0.1, 0.15) is 11.3 Å². The second-order valence-corrected chi connectivity index (χ2v) is 8.67. The van der Waals surface area contributed by atoms with E-state index >= 15 is 0 Å². The summed E-state index contributed by atoms with van der Waals surface area (Å²) < 4.78 is 29.1. The molecular weight excluding hydrogens is 450 g/mol. The van der Waals surface area contributed by atoms with Gasteiger partial charge < -0.3 is 0 Å². The third kappa shape index (κ3) is 2.98. The lowest BCUT2D eigenvalue weighted by Crippen LogP contribution is -2.14. The Morgan fingerprint density at radius 3 is 2.71 bits per heavy atom. The standard InChI is InChI=1S/C17H12BrN5O4S/c1-11-17(21-10-12(18)5-6-16(21)19-11)15-7-8-22(20-15)28(26,27)14-4-2-3-13(9-14)23(24)25/h2-10H,1H3. The van der Waals surface area contributed by atoms with Crippen LogP contribution in [0.1, 0.15) is 5.69 Å². The molecule has 11 heteroatoms. The Balaban J connectivity index is 1.82. The fraction of sp³-hybridized carbons (Fsp3) is 0.0588. The zero-order valence-corrected chi connectivity index (χ0v) is 16.8. The molecular formula is C17H12BrN5O4S. The number of nitrogens with zero attached hydrogens (tertiary/aromatic N) is 5. The molecule has 4 rings (SSSR count). The lowest BCUT2D eigenvalue weighted by Gasteiger charge is -2.04. The van der Waals surface area contributed by atoms with Crippen LogP contribution in [-0.2, 0) is 10.0 Å². The van der Waals surface area contributed by atoms with Gasteiger partial charge in [-0.05, 0) is 47.1 Å². The van der Waals surface area contributed by atoms with Crippen molar-refractivity contribution in [3.8, 4) is 11.4 Å². The highest BCUT2D eigenvalue weighted by Gasteiger charge is 2.22. The van der Waals surface area contributed by atoms with E-state index in [0.29, 0.717) is 22.7 Å². The van der Waals surface area contributed by atoms with Gasteiger partial charge >= 0.3 is 0 Å². The SMILES string of the molecule is Cc1nc2ccc(Br)cn2c1-c1ccn(S(=O)(=O)c2cccc([N+](=O)[O-])c2)n1. The van der Waals surface area contributed by atoms with Crippen LogP contribution < -0.4 is 0 Å². The summed E-state index contributed by atoms with van der Waals surface area (Å²) in [5.74, 6) is 0. The van der Waals surface area contributed by atoms with Gasteiger partial charge in [0, 0.05) is 29.0 Å². The van der Waals surface area contributed by atoms with E-state index in [1.165, 1.54) is 24.4 Å². The van der Waals surface area contributed by atoms with Crippen LogP contribution in [0.15, 0.2) is 64.2 Å². The van der Waals surface area contributed by atoms with Crippen molar-refractivity contribution < 1.29 is 13.3 Å². The Hall–Kier alpha value is -3.05. The molecule has 0 spiro atoms. The molecule has 4 aromatic rings. The highest BCUT2D eigenvalue weighted by atomic mass is 79.9. The molecule has 0 radical (unpaired) electrons. The van der Waals surface area contributed by atoms with Crippen LogP contribution in [-0.4, -0.2) is 31.9 Å². The van der Waals surface area contributed by atoms with E-state index in [4.69, 9.17) is 0 Å². The minimum Gasteiger partial charge on any atom is -0.297 e. The molecule has 0 unspecified atom stereocenters. The summed E-state index contributed by atoms with van der Waals surface area (Å²) in [6, 6.07) is 10.1. The van der Waals surface area contributed by atoms with E-state index < -0.39 is 14.9 Å². The van der Waals surface area contributed by atoms with Crippen LogP contribution in [0.25, 0.3) is 17.0 Å². The van der Waals surface area contributed by atoms with Crippen LogP contribution >= 0.6 is 15.9 Å². The van der Waals surface area contributed by atoms with Gasteiger partial charge in [0.25, 0.3) is 15.7 Å². The maximum atomic E-state index is 12.8. The fourth-order valence-electron chi connectivity index (χ4n) is 2.88. The summed E-state index contributed by atoms with van der Waals surface area (Å²) in [5.41, 5.74) is 2.15. The molecule has 28 heavy (non-hydrogen) atoms. The maximum Gasteiger partial charge on any atom is 0.283 e. The number of hydrogen-bond donors (Lipinski definition) is 0. The molecule has 0 fully saturated rings. The monoisotopic (exact) mass is 461 g/mol. The average Bonchev–Trinajstić information content (AvgIpc) is 3.25. The molecule has 0 atom stereocenters. The first kappa shape index (κ1) is 18.3. The molecule has 0 amide bonds. The molecule has 1 aromatic carbocycles. The number of rotatable bonds is 4. The van der Waals surface area contributed by atoms with Crippen molar-refractivity contribution in [3.05, 3.63) is 75.1 Å². The number of nitro benzene ring substituents is 1. The molecule has 0 N–H and O–H groups in total. The largest absolute Gasteiger partial charge is 0.297 e. The third-order valence-electron chi connectivity index (χ3n) is 4.14. The minimum absolute atomic E-state index is 0.214. The first-order valence-corrected chi connectivity index (χ1v) is 10.2. The number of imidazole rings is 1. The maximum absolute atomic E-state index is 12.8. The molecule has 0 aliphatic carbocycles. The van der Waals surface area contributed by atoms with Crippen molar-refractivity contribution in [1.82, 2.24) is 18.6 Å². The first-order valence-electron chi connectivity index (χ1n) is 7.97. The average molecular weight is 462 g/mol. The summed E-state index contributed by atoms with van der Waals surface area (Å²) in [4.78, 5) is 14.5. The Kier molecular flexibility index (Phi) is 4.27. The number of hydrogen-bond acceptors (Lipinski definition) is 6. The van der Waals surface area contributed by atoms with Gasteiger partial charge in [-0.1, -0.05) is 6.07 Å². The van der Waals surface area contributed by atoms with E-state index in [0.717, 1.165) is 14.6 Å². The molecule has 142 valence electrons. The smallest absolute Gasteiger partial charge is 0.283 e. The summed E-state index contributed by atoms with van der Waals surface area (Å²) in [6.07, 6.45) is 3.12. The number of non-ortho nitro benzene ring substituents is 1. The lowest BCUT2D eigenvalue weighted by atomic mass is 10.2. The molecule has 9 nitrogen and oxygen atoms in total. The Morgan fingerprint density at radius 2 is 1.96 bits per heavy atom. The molecule has 0 saturated carbocycles. The van der Waals surface area contributed by atoms with Crippen LogP contribution in [0.2, 0.25) is 0 Å². The number of benzene rings is 1. The predicted molar refractivity (Wildman–Crippen MR) is 105 cm³/mol. The predicted octanol–water partition coefficient (Wildman–Crippen LogP) is 3.41. The van der Waals surface area contributed by atoms with E-state index in [9.17, 15) is 18.5 Å². The van der Waals surface area contributed by atoms with Gasteiger partial charge in [-0.2, -0.15) is 17.6 Å². The normalized spacial score (nSPS) is 11.8. The summed E-state index contributed by atoms with van der Waals surface area (Å²) in [7, 11) is -4.08. The van der Waals surface area contributed by atoms with Crippen molar-refractivity contribution in [1.29, 1.82) is 0 Å². The number of fused-ring (bicyclic) bond motifs is 1. The van der Waals surface area contributed by atoms with Crippen molar-refractivity contribution in [2.24, 2.45) is 0 Å². The molecule has 3 aromatic heterocycles. The third-order valence-corrected chi connectivity index (χ3v) is 6.15. The molecule has 3 heterocycles. The Labute approximate surface area is 167 Å². The van der Waals surface area contributed by atoms with Gasteiger partial charge in [-0.3, -0.25) is 14.5 Å². The number of halogens is 1. The van der Waals surface area contributed by atoms with Crippen LogP contribution in [0.3, 0.4) is 0 Å². The van der Waals surface area contributed by atoms with Crippen molar-refractivity contribution in [2.45, 2.75) is 11.8 Å². The van der Waals surface area contributed by atoms with E-state index in [1.807, 2.05) is 29.7 Å². The zero-order valence-electron chi connectivity index (χ0n) is 14.4. The van der Waals surface area contributed by atoms with Gasteiger partial charge in [0.2, 0.25) is 0 Å². The van der Waals surface area contributed by atoms with Crippen LogP contribution in [0, 0.1) is 17.0 Å². The molecule has 0 aliphatic rings. The van der Waals surface area contributed by atoms with E-state index in [1.54, 1.807) is 6.07 Å². The highest BCUT2D eigenvalue weighted by Crippen LogP contribution is 2.26. The van der Waals surface area contributed by atoms with E-state index in [-0.39, 0.29) is 10.6 Å². The number of aryl methyl sites for hydroxylation is 1. The molecule has 0 aliphatic heterocycles. The number of nitro groups is 1. The van der Waals surface area contributed by atoms with Crippen molar-refractivity contribution in [3.63, 3.8) is 0 Å². The number of pyridine rings is 1. The quantitative estimate of drug-likeness (QED) is 0.339. The Morgan fingerprint density at radius 1 is 1.18 bits per heavy atom. The summed E-state index contributed by atoms with van der Waals surface area (Å²) >= 11 is 3.41. The summed E-state index contributed by atoms with van der Waals surface area (Å²) in [6.45, 7) is 1.81. The van der Waals surface area contributed by atoms with Gasteiger partial charge in [-0.25, -0.2) is 4.98 Å². The van der Waals surface area contributed by atoms with Gasteiger partial charge in [0.05, 0.1) is 21.2 Å². The van der Waals surface area contributed by atoms with Crippen LogP contribution in [0.4, 0.5) is 5.69 Å². The fourth-order valence-corrected chi connectivity index (χ4v) is 4.37. The van der Waals surface area contributed by atoms with Gasteiger partial charge in [-0.15, -0.1) is 0 Å². The first-order chi connectivity index (χ1) is 13.3. The highest BCUT2D eigenvalue weighted by molar-refractivity contribution is 9.10. The topological polar surface area (TPSA) is 112 Å².